The maximum Gasteiger partial charge on any atom is 0.124 e. The molecule has 0 saturated carbocycles. The molecule has 3 aliphatic rings. The Bertz CT molecular complexity index is 1130. The van der Waals surface area contributed by atoms with Crippen molar-refractivity contribution >= 4 is 27.2 Å². The first kappa shape index (κ1) is 24.1. The third-order valence-electron chi connectivity index (χ3n) is 7.78. The molecule has 0 amide bonds. The van der Waals surface area contributed by atoms with Crippen LogP contribution in [0.2, 0.25) is 0 Å². The lowest BCUT2D eigenvalue weighted by atomic mass is 10.1. The molecule has 6 rings (SSSR count). The highest BCUT2D eigenvalue weighted by Crippen LogP contribution is 2.34. The summed E-state index contributed by atoms with van der Waals surface area (Å²) >= 11 is 1.71. The SMILES string of the molecule is COc1ccc2nc(-c3ccc(N4CC(OC5CCN(CCN6CCNCC6)CC5)C4)cc3)sc2c1. The molecule has 192 valence electrons. The fourth-order valence-electron chi connectivity index (χ4n) is 5.46. The van der Waals surface area contributed by atoms with Crippen molar-refractivity contribution in [3.63, 3.8) is 0 Å². The number of benzene rings is 2. The Labute approximate surface area is 218 Å². The number of aromatic nitrogens is 1. The van der Waals surface area contributed by atoms with Gasteiger partial charge in [0.2, 0.25) is 0 Å². The van der Waals surface area contributed by atoms with Crippen LogP contribution in [0.25, 0.3) is 20.8 Å². The van der Waals surface area contributed by atoms with Crippen LogP contribution in [0, 0.1) is 0 Å². The summed E-state index contributed by atoms with van der Waals surface area (Å²) in [6.07, 6.45) is 3.12. The molecule has 3 fully saturated rings. The zero-order valence-corrected chi connectivity index (χ0v) is 22.0. The van der Waals surface area contributed by atoms with Crippen LogP contribution in [0.1, 0.15) is 12.8 Å². The number of anilines is 1. The Morgan fingerprint density at radius 1 is 0.917 bits per heavy atom. The maximum absolute atomic E-state index is 6.46. The number of thiazole rings is 1. The molecule has 3 saturated heterocycles. The predicted octanol–water partition coefficient (Wildman–Crippen LogP) is 3.55. The molecular weight excluding hydrogens is 470 g/mol. The molecule has 0 radical (unpaired) electrons. The van der Waals surface area contributed by atoms with E-state index in [0.717, 1.165) is 52.7 Å². The smallest absolute Gasteiger partial charge is 0.124 e. The van der Waals surface area contributed by atoms with Gasteiger partial charge in [-0.1, -0.05) is 0 Å². The van der Waals surface area contributed by atoms with Gasteiger partial charge in [0, 0.05) is 76.7 Å². The van der Waals surface area contributed by atoms with Crippen LogP contribution in [-0.4, -0.2) is 99.5 Å². The van der Waals surface area contributed by atoms with Crippen molar-refractivity contribution in [3.05, 3.63) is 42.5 Å². The van der Waals surface area contributed by atoms with E-state index in [9.17, 15) is 0 Å². The van der Waals surface area contributed by atoms with Crippen molar-refractivity contribution in [1.29, 1.82) is 0 Å². The fraction of sp³-hybridized carbons (Fsp3) is 0.536. The van der Waals surface area contributed by atoms with Crippen LogP contribution < -0.4 is 15.0 Å². The largest absolute Gasteiger partial charge is 0.497 e. The van der Waals surface area contributed by atoms with Gasteiger partial charge in [-0.05, 0) is 55.3 Å². The van der Waals surface area contributed by atoms with Gasteiger partial charge in [0.05, 0.1) is 29.5 Å². The number of nitrogens with zero attached hydrogens (tertiary/aromatic N) is 4. The number of nitrogens with one attached hydrogen (secondary N) is 1. The lowest BCUT2D eigenvalue weighted by molar-refractivity contribution is -0.0532. The number of hydrogen-bond donors (Lipinski definition) is 1. The lowest BCUT2D eigenvalue weighted by Crippen LogP contribution is -2.54. The monoisotopic (exact) mass is 507 g/mol. The van der Waals surface area contributed by atoms with Crippen molar-refractivity contribution in [1.82, 2.24) is 20.1 Å². The van der Waals surface area contributed by atoms with Gasteiger partial charge >= 0.3 is 0 Å². The molecule has 0 unspecified atom stereocenters. The van der Waals surface area contributed by atoms with Crippen molar-refractivity contribution in [3.8, 4) is 16.3 Å². The Kier molecular flexibility index (Phi) is 7.39. The molecule has 0 atom stereocenters. The predicted molar refractivity (Wildman–Crippen MR) is 147 cm³/mol. The second-order valence-electron chi connectivity index (χ2n) is 10.2. The Hall–Kier alpha value is -2.23. The molecule has 1 N–H and O–H groups in total. The number of ether oxygens (including phenoxy) is 2. The molecule has 36 heavy (non-hydrogen) atoms. The van der Waals surface area contributed by atoms with Crippen LogP contribution in [-0.2, 0) is 4.74 Å². The first-order chi connectivity index (χ1) is 17.7. The van der Waals surface area contributed by atoms with E-state index in [2.05, 4.69) is 50.3 Å². The van der Waals surface area contributed by atoms with Gasteiger partial charge < -0.3 is 24.6 Å². The zero-order valence-electron chi connectivity index (χ0n) is 21.2. The van der Waals surface area contributed by atoms with E-state index >= 15 is 0 Å². The number of rotatable bonds is 8. The quantitative estimate of drug-likeness (QED) is 0.501. The molecule has 2 aromatic carbocycles. The van der Waals surface area contributed by atoms with Crippen molar-refractivity contribution < 1.29 is 9.47 Å². The molecule has 1 aromatic heterocycles. The number of fused-ring (bicyclic) bond motifs is 1. The maximum atomic E-state index is 6.46. The number of likely N-dealkylation sites (tertiary alicyclic amines) is 1. The van der Waals surface area contributed by atoms with E-state index in [0.29, 0.717) is 12.2 Å². The molecule has 0 spiro atoms. The molecular formula is C28H37N5O2S. The summed E-state index contributed by atoms with van der Waals surface area (Å²) in [5, 5.41) is 4.49. The first-order valence-corrected chi connectivity index (χ1v) is 14.2. The van der Waals surface area contributed by atoms with Crippen LogP contribution in [0.3, 0.4) is 0 Å². The number of hydrogen-bond acceptors (Lipinski definition) is 8. The third kappa shape index (κ3) is 5.53. The normalized spacial score (nSPS) is 20.6. The topological polar surface area (TPSA) is 53.1 Å². The van der Waals surface area contributed by atoms with Crippen LogP contribution in [0.5, 0.6) is 5.75 Å². The van der Waals surface area contributed by atoms with Crippen LogP contribution in [0.15, 0.2) is 42.5 Å². The van der Waals surface area contributed by atoms with Gasteiger partial charge in [-0.15, -0.1) is 11.3 Å². The van der Waals surface area contributed by atoms with E-state index in [4.69, 9.17) is 14.5 Å². The van der Waals surface area contributed by atoms with Crippen LogP contribution >= 0.6 is 11.3 Å². The summed E-state index contributed by atoms with van der Waals surface area (Å²) in [6.45, 7) is 11.4. The van der Waals surface area contributed by atoms with Gasteiger partial charge in [0.15, 0.2) is 0 Å². The molecule has 3 aliphatic heterocycles. The lowest BCUT2D eigenvalue weighted by Gasteiger charge is -2.43. The van der Waals surface area contributed by atoms with Gasteiger partial charge in [0.1, 0.15) is 10.8 Å². The third-order valence-corrected chi connectivity index (χ3v) is 8.85. The zero-order chi connectivity index (χ0) is 24.3. The molecule has 4 heterocycles. The number of piperidine rings is 1. The number of methoxy groups -OCH3 is 1. The summed E-state index contributed by atoms with van der Waals surface area (Å²) in [7, 11) is 1.70. The summed E-state index contributed by atoms with van der Waals surface area (Å²) in [5.41, 5.74) is 3.45. The van der Waals surface area contributed by atoms with Gasteiger partial charge in [-0.3, -0.25) is 4.90 Å². The number of piperazine rings is 1. The summed E-state index contributed by atoms with van der Waals surface area (Å²) in [5.74, 6) is 0.874. The van der Waals surface area contributed by atoms with E-state index < -0.39 is 0 Å². The Morgan fingerprint density at radius 3 is 2.36 bits per heavy atom. The Balaban J connectivity index is 0.942. The van der Waals surface area contributed by atoms with E-state index in [1.54, 1.807) is 18.4 Å². The highest BCUT2D eigenvalue weighted by atomic mass is 32.1. The molecule has 7 nitrogen and oxygen atoms in total. The van der Waals surface area contributed by atoms with Gasteiger partial charge in [-0.2, -0.15) is 0 Å². The Morgan fingerprint density at radius 2 is 1.64 bits per heavy atom. The second-order valence-corrected chi connectivity index (χ2v) is 11.2. The standard InChI is InChI=1S/C28H37N5O2S/c1-34-24-6-7-26-27(18-24)36-28(30-26)21-2-4-22(5-3-21)33-19-25(20-33)35-23-8-12-31(13-9-23)16-17-32-14-10-29-11-15-32/h2-7,18,23,25,29H,8-17,19-20H2,1H3. The molecule has 0 aliphatic carbocycles. The average molecular weight is 508 g/mol. The minimum atomic E-state index is 0.362. The van der Waals surface area contributed by atoms with Crippen molar-refractivity contribution in [2.45, 2.75) is 25.0 Å². The van der Waals surface area contributed by atoms with Crippen molar-refractivity contribution in [2.75, 3.05) is 77.5 Å². The van der Waals surface area contributed by atoms with Gasteiger partial charge in [0.25, 0.3) is 0 Å². The summed E-state index contributed by atoms with van der Waals surface area (Å²) < 4.78 is 13.0. The summed E-state index contributed by atoms with van der Waals surface area (Å²) in [4.78, 5) is 12.4. The van der Waals surface area contributed by atoms with E-state index in [1.807, 2.05) is 12.1 Å². The molecule has 3 aromatic rings. The highest BCUT2D eigenvalue weighted by molar-refractivity contribution is 7.21. The van der Waals surface area contributed by atoms with E-state index in [1.165, 1.54) is 57.8 Å². The minimum Gasteiger partial charge on any atom is -0.497 e. The van der Waals surface area contributed by atoms with Gasteiger partial charge in [-0.25, -0.2) is 4.98 Å². The average Bonchev–Trinajstić information content (AvgIpc) is 3.34. The highest BCUT2D eigenvalue weighted by Gasteiger charge is 2.31. The molecule has 0 bridgehead atoms. The summed E-state index contributed by atoms with van der Waals surface area (Å²) in [6, 6.07) is 14.9. The fourth-order valence-corrected chi connectivity index (χ4v) is 6.46. The first-order valence-electron chi connectivity index (χ1n) is 13.3. The molecule has 8 heteroatoms. The van der Waals surface area contributed by atoms with Crippen molar-refractivity contribution in [2.24, 2.45) is 0 Å². The van der Waals surface area contributed by atoms with Crippen LogP contribution in [0.4, 0.5) is 5.69 Å². The minimum absolute atomic E-state index is 0.362. The second kappa shape index (κ2) is 11.0. The van der Waals surface area contributed by atoms with E-state index in [-0.39, 0.29) is 0 Å².